The molecule has 1 heterocycles. The van der Waals surface area contributed by atoms with E-state index in [1.54, 1.807) is 0 Å². The van der Waals surface area contributed by atoms with Crippen molar-refractivity contribution >= 4 is 0 Å². The zero-order chi connectivity index (χ0) is 10.6. The first-order chi connectivity index (χ1) is 6.65. The molecular formula is C10H20N4. The fraction of sp³-hybridized carbons (Fsp3) is 0.800. The van der Waals surface area contributed by atoms with Gasteiger partial charge in [-0.25, -0.2) is 4.98 Å². The summed E-state index contributed by atoms with van der Waals surface area (Å²) in [6.45, 7) is 5.27. The van der Waals surface area contributed by atoms with Crippen LogP contribution in [0.15, 0.2) is 0 Å². The first kappa shape index (κ1) is 11.2. The van der Waals surface area contributed by atoms with E-state index in [1.807, 2.05) is 18.8 Å². The summed E-state index contributed by atoms with van der Waals surface area (Å²) in [6, 6.07) is 0. The third kappa shape index (κ3) is 2.80. The Balaban J connectivity index is 2.58. The summed E-state index contributed by atoms with van der Waals surface area (Å²) in [6.07, 6.45) is 2.11. The lowest BCUT2D eigenvalue weighted by molar-refractivity contribution is 0.645. The van der Waals surface area contributed by atoms with Crippen LogP contribution in [0.1, 0.15) is 37.8 Å². The second-order valence-electron chi connectivity index (χ2n) is 3.87. The topological polar surface area (TPSA) is 42.7 Å². The second-order valence-corrected chi connectivity index (χ2v) is 3.87. The first-order valence-corrected chi connectivity index (χ1v) is 5.19. The van der Waals surface area contributed by atoms with Gasteiger partial charge in [0.1, 0.15) is 5.82 Å². The maximum Gasteiger partial charge on any atom is 0.153 e. The Morgan fingerprint density at radius 2 is 2.14 bits per heavy atom. The van der Waals surface area contributed by atoms with Crippen molar-refractivity contribution < 1.29 is 0 Å². The standard InChI is InChI=1S/C10H20N4/c1-8(2)10-12-9(14(4)13-10)6-5-7-11-3/h8,11H,5-7H2,1-4H3. The number of hydrogen-bond donors (Lipinski definition) is 1. The molecule has 0 radical (unpaired) electrons. The zero-order valence-corrected chi connectivity index (χ0v) is 9.54. The van der Waals surface area contributed by atoms with Crippen LogP contribution in [0, 0.1) is 0 Å². The van der Waals surface area contributed by atoms with Crippen LogP contribution < -0.4 is 5.32 Å². The summed E-state index contributed by atoms with van der Waals surface area (Å²) in [5.41, 5.74) is 0. The van der Waals surface area contributed by atoms with Gasteiger partial charge in [-0.1, -0.05) is 13.8 Å². The highest BCUT2D eigenvalue weighted by atomic mass is 15.3. The zero-order valence-electron chi connectivity index (χ0n) is 9.54. The lowest BCUT2D eigenvalue weighted by atomic mass is 10.2. The third-order valence-electron chi connectivity index (χ3n) is 2.21. The molecule has 0 aliphatic rings. The SMILES string of the molecule is CNCCCc1nc(C(C)C)nn1C. The van der Waals surface area contributed by atoms with Crippen LogP contribution in [0.4, 0.5) is 0 Å². The average molecular weight is 196 g/mol. The van der Waals surface area contributed by atoms with E-state index in [-0.39, 0.29) is 0 Å². The van der Waals surface area contributed by atoms with Crippen molar-refractivity contribution in [1.29, 1.82) is 0 Å². The Morgan fingerprint density at radius 3 is 2.64 bits per heavy atom. The van der Waals surface area contributed by atoms with Crippen molar-refractivity contribution in [2.75, 3.05) is 13.6 Å². The number of aromatic nitrogens is 3. The molecule has 14 heavy (non-hydrogen) atoms. The predicted octanol–water partition coefficient (Wildman–Crippen LogP) is 1.09. The van der Waals surface area contributed by atoms with E-state index in [9.17, 15) is 0 Å². The van der Waals surface area contributed by atoms with Gasteiger partial charge in [0.05, 0.1) is 0 Å². The van der Waals surface area contributed by atoms with E-state index < -0.39 is 0 Å². The minimum atomic E-state index is 0.416. The van der Waals surface area contributed by atoms with Crippen molar-refractivity contribution in [3.05, 3.63) is 11.6 Å². The molecule has 1 N–H and O–H groups in total. The van der Waals surface area contributed by atoms with Crippen LogP contribution in [0.3, 0.4) is 0 Å². The molecule has 0 amide bonds. The fourth-order valence-electron chi connectivity index (χ4n) is 1.32. The number of rotatable bonds is 5. The summed E-state index contributed by atoms with van der Waals surface area (Å²) in [5, 5.41) is 7.50. The van der Waals surface area contributed by atoms with Crippen molar-refractivity contribution in [3.8, 4) is 0 Å². The van der Waals surface area contributed by atoms with E-state index in [2.05, 4.69) is 29.2 Å². The summed E-state index contributed by atoms with van der Waals surface area (Å²) in [7, 11) is 3.93. The van der Waals surface area contributed by atoms with Crippen LogP contribution in [0.2, 0.25) is 0 Å². The molecule has 1 rings (SSSR count). The predicted molar refractivity (Wildman–Crippen MR) is 57.3 cm³/mol. The van der Waals surface area contributed by atoms with Gasteiger partial charge in [0.15, 0.2) is 5.82 Å². The summed E-state index contributed by atoms with van der Waals surface area (Å²) in [4.78, 5) is 4.51. The van der Waals surface area contributed by atoms with Crippen LogP contribution in [-0.2, 0) is 13.5 Å². The number of aryl methyl sites for hydroxylation is 2. The molecular weight excluding hydrogens is 176 g/mol. The molecule has 1 aromatic heterocycles. The lowest BCUT2D eigenvalue weighted by Gasteiger charge is -1.98. The molecule has 0 spiro atoms. The van der Waals surface area contributed by atoms with Gasteiger partial charge in [0, 0.05) is 19.4 Å². The van der Waals surface area contributed by atoms with Crippen molar-refractivity contribution in [2.24, 2.45) is 7.05 Å². The van der Waals surface area contributed by atoms with Gasteiger partial charge >= 0.3 is 0 Å². The first-order valence-electron chi connectivity index (χ1n) is 5.19. The van der Waals surface area contributed by atoms with E-state index in [4.69, 9.17) is 0 Å². The molecule has 1 aromatic rings. The van der Waals surface area contributed by atoms with Gasteiger partial charge in [0.25, 0.3) is 0 Å². The lowest BCUT2D eigenvalue weighted by Crippen LogP contribution is -2.10. The molecule has 0 fully saturated rings. The highest BCUT2D eigenvalue weighted by molar-refractivity contribution is 4.96. The normalized spacial score (nSPS) is 11.2. The summed E-state index contributed by atoms with van der Waals surface area (Å²) < 4.78 is 1.89. The highest BCUT2D eigenvalue weighted by Crippen LogP contribution is 2.10. The molecule has 4 nitrogen and oxygen atoms in total. The maximum atomic E-state index is 4.51. The molecule has 80 valence electrons. The van der Waals surface area contributed by atoms with Crippen LogP contribution in [0.25, 0.3) is 0 Å². The van der Waals surface area contributed by atoms with Gasteiger partial charge in [-0.15, -0.1) is 0 Å². The molecule has 0 aliphatic carbocycles. The number of hydrogen-bond acceptors (Lipinski definition) is 3. The van der Waals surface area contributed by atoms with Crippen molar-refractivity contribution in [3.63, 3.8) is 0 Å². The minimum Gasteiger partial charge on any atom is -0.320 e. The number of nitrogens with zero attached hydrogens (tertiary/aromatic N) is 3. The molecule has 0 unspecified atom stereocenters. The van der Waals surface area contributed by atoms with E-state index in [1.165, 1.54) is 0 Å². The molecule has 4 heteroatoms. The molecule has 0 aromatic carbocycles. The Bertz CT molecular complexity index is 278. The molecule has 0 saturated heterocycles. The van der Waals surface area contributed by atoms with Crippen LogP contribution in [-0.4, -0.2) is 28.4 Å². The van der Waals surface area contributed by atoms with Crippen molar-refractivity contribution in [2.45, 2.75) is 32.6 Å². The maximum absolute atomic E-state index is 4.51. The van der Waals surface area contributed by atoms with Gasteiger partial charge in [-0.3, -0.25) is 4.68 Å². The largest absolute Gasteiger partial charge is 0.320 e. The monoisotopic (exact) mass is 196 g/mol. The second kappa shape index (κ2) is 5.10. The van der Waals surface area contributed by atoms with Gasteiger partial charge < -0.3 is 5.32 Å². The van der Waals surface area contributed by atoms with Crippen LogP contribution in [0.5, 0.6) is 0 Å². The molecule has 0 saturated carbocycles. The van der Waals surface area contributed by atoms with Gasteiger partial charge in [0.2, 0.25) is 0 Å². The average Bonchev–Trinajstić information content (AvgIpc) is 2.49. The summed E-state index contributed by atoms with van der Waals surface area (Å²) >= 11 is 0. The Labute approximate surface area is 85.7 Å². The minimum absolute atomic E-state index is 0.416. The quantitative estimate of drug-likeness (QED) is 0.717. The Kier molecular flexibility index (Phi) is 4.07. The van der Waals surface area contributed by atoms with Crippen molar-refractivity contribution in [1.82, 2.24) is 20.1 Å². The Hall–Kier alpha value is -0.900. The van der Waals surface area contributed by atoms with E-state index >= 15 is 0 Å². The Morgan fingerprint density at radius 1 is 1.43 bits per heavy atom. The van der Waals surface area contributed by atoms with Gasteiger partial charge in [-0.2, -0.15) is 5.10 Å². The highest BCUT2D eigenvalue weighted by Gasteiger charge is 2.09. The van der Waals surface area contributed by atoms with Crippen LogP contribution >= 0.6 is 0 Å². The van der Waals surface area contributed by atoms with Gasteiger partial charge in [-0.05, 0) is 20.0 Å². The fourth-order valence-corrected chi connectivity index (χ4v) is 1.32. The molecule has 0 atom stereocenters. The summed E-state index contributed by atoms with van der Waals surface area (Å²) in [5.74, 6) is 2.45. The smallest absolute Gasteiger partial charge is 0.153 e. The molecule has 0 aliphatic heterocycles. The molecule has 0 bridgehead atoms. The third-order valence-corrected chi connectivity index (χ3v) is 2.21. The van der Waals surface area contributed by atoms with E-state index in [0.29, 0.717) is 5.92 Å². The van der Waals surface area contributed by atoms with E-state index in [0.717, 1.165) is 31.0 Å². The number of nitrogens with one attached hydrogen (secondary N) is 1.